The highest BCUT2D eigenvalue weighted by molar-refractivity contribution is 5.45. The smallest absolute Gasteiger partial charge is 0.162 e. The second-order valence-corrected chi connectivity index (χ2v) is 5.90. The molecular formula is C16H27NO3. The SMILES string of the molecule is CCOc1cccc(CNCC(C)(O)CC(C)C)c1O. The summed E-state index contributed by atoms with van der Waals surface area (Å²) in [6.45, 7) is 9.40. The molecule has 1 unspecified atom stereocenters. The van der Waals surface area contributed by atoms with Crippen LogP contribution in [0.25, 0.3) is 0 Å². The van der Waals surface area contributed by atoms with E-state index in [1.807, 2.05) is 26.0 Å². The summed E-state index contributed by atoms with van der Waals surface area (Å²) in [6, 6.07) is 5.45. The highest BCUT2D eigenvalue weighted by Crippen LogP contribution is 2.29. The Kier molecular flexibility index (Phi) is 6.30. The summed E-state index contributed by atoms with van der Waals surface area (Å²) in [5.41, 5.74) is 0.0395. The van der Waals surface area contributed by atoms with Crippen LogP contribution < -0.4 is 10.1 Å². The Labute approximate surface area is 121 Å². The third-order valence-corrected chi connectivity index (χ3v) is 3.05. The lowest BCUT2D eigenvalue weighted by molar-refractivity contribution is 0.0383. The number of hydrogen-bond donors (Lipinski definition) is 3. The van der Waals surface area contributed by atoms with Crippen LogP contribution in [0, 0.1) is 5.92 Å². The first kappa shape index (κ1) is 16.8. The van der Waals surface area contributed by atoms with Gasteiger partial charge in [-0.2, -0.15) is 0 Å². The molecule has 1 aromatic carbocycles. The number of para-hydroxylation sites is 1. The number of hydrogen-bond acceptors (Lipinski definition) is 4. The molecule has 0 aliphatic rings. The average molecular weight is 281 g/mol. The second-order valence-electron chi connectivity index (χ2n) is 5.90. The highest BCUT2D eigenvalue weighted by Gasteiger charge is 2.21. The van der Waals surface area contributed by atoms with E-state index in [1.54, 1.807) is 6.07 Å². The standard InChI is InChI=1S/C16H27NO3/c1-5-20-14-8-6-7-13(15(14)18)10-17-11-16(4,19)9-12(2)3/h6-8,12,17-19H,5,9-11H2,1-4H3. The Balaban J connectivity index is 2.56. The average Bonchev–Trinajstić information content (AvgIpc) is 2.32. The lowest BCUT2D eigenvalue weighted by Gasteiger charge is -2.25. The Bertz CT molecular complexity index is 416. The maximum absolute atomic E-state index is 10.2. The number of aliphatic hydroxyl groups is 1. The third-order valence-electron chi connectivity index (χ3n) is 3.05. The quantitative estimate of drug-likeness (QED) is 0.685. The highest BCUT2D eigenvalue weighted by atomic mass is 16.5. The summed E-state index contributed by atoms with van der Waals surface area (Å²) in [7, 11) is 0. The van der Waals surface area contributed by atoms with Crippen LogP contribution in [0.3, 0.4) is 0 Å². The molecule has 0 saturated heterocycles. The van der Waals surface area contributed by atoms with Crippen molar-refractivity contribution < 1.29 is 14.9 Å². The molecule has 0 spiro atoms. The van der Waals surface area contributed by atoms with Gasteiger partial charge < -0.3 is 20.3 Å². The van der Waals surface area contributed by atoms with E-state index in [9.17, 15) is 10.2 Å². The van der Waals surface area contributed by atoms with Crippen molar-refractivity contribution in [3.8, 4) is 11.5 Å². The van der Waals surface area contributed by atoms with Gasteiger partial charge in [-0.25, -0.2) is 0 Å². The van der Waals surface area contributed by atoms with Gasteiger partial charge in [-0.15, -0.1) is 0 Å². The van der Waals surface area contributed by atoms with Crippen molar-refractivity contribution in [2.75, 3.05) is 13.2 Å². The zero-order valence-corrected chi connectivity index (χ0v) is 12.9. The predicted octanol–water partition coefficient (Wildman–Crippen LogP) is 2.68. The fraction of sp³-hybridized carbons (Fsp3) is 0.625. The number of phenols is 1. The van der Waals surface area contributed by atoms with E-state index < -0.39 is 5.60 Å². The first-order chi connectivity index (χ1) is 9.35. The van der Waals surface area contributed by atoms with Crippen molar-refractivity contribution >= 4 is 0 Å². The molecule has 0 aliphatic carbocycles. The van der Waals surface area contributed by atoms with Gasteiger partial charge in [0.15, 0.2) is 11.5 Å². The van der Waals surface area contributed by atoms with Crippen LogP contribution >= 0.6 is 0 Å². The Morgan fingerprint density at radius 3 is 2.65 bits per heavy atom. The van der Waals surface area contributed by atoms with E-state index >= 15 is 0 Å². The Morgan fingerprint density at radius 2 is 2.05 bits per heavy atom. The predicted molar refractivity (Wildman–Crippen MR) is 81.1 cm³/mol. The molecule has 1 rings (SSSR count). The van der Waals surface area contributed by atoms with Gasteiger partial charge in [0.05, 0.1) is 12.2 Å². The molecule has 20 heavy (non-hydrogen) atoms. The topological polar surface area (TPSA) is 61.7 Å². The fourth-order valence-electron chi connectivity index (χ4n) is 2.40. The summed E-state index contributed by atoms with van der Waals surface area (Å²) in [5, 5.41) is 23.5. The lowest BCUT2D eigenvalue weighted by atomic mass is 9.94. The summed E-state index contributed by atoms with van der Waals surface area (Å²) in [4.78, 5) is 0. The number of benzene rings is 1. The molecule has 0 aliphatic heterocycles. The zero-order chi connectivity index (χ0) is 15.2. The maximum Gasteiger partial charge on any atom is 0.162 e. The van der Waals surface area contributed by atoms with Gasteiger partial charge in [-0.1, -0.05) is 26.0 Å². The van der Waals surface area contributed by atoms with Crippen molar-refractivity contribution in [2.24, 2.45) is 5.92 Å². The molecule has 114 valence electrons. The summed E-state index contributed by atoms with van der Waals surface area (Å²) in [5.74, 6) is 1.12. The Hall–Kier alpha value is -1.26. The molecule has 0 radical (unpaired) electrons. The van der Waals surface area contributed by atoms with Crippen LogP contribution in [0.15, 0.2) is 18.2 Å². The number of nitrogens with one attached hydrogen (secondary N) is 1. The van der Waals surface area contributed by atoms with Crippen LogP contribution in [0.2, 0.25) is 0 Å². The largest absolute Gasteiger partial charge is 0.504 e. The molecule has 1 aromatic rings. The maximum atomic E-state index is 10.2. The monoisotopic (exact) mass is 281 g/mol. The molecular weight excluding hydrogens is 254 g/mol. The van der Waals surface area contributed by atoms with Crippen molar-refractivity contribution in [1.82, 2.24) is 5.32 Å². The van der Waals surface area contributed by atoms with Crippen LogP contribution in [-0.2, 0) is 6.54 Å². The summed E-state index contributed by atoms with van der Waals surface area (Å²) < 4.78 is 5.35. The van der Waals surface area contributed by atoms with Crippen molar-refractivity contribution in [1.29, 1.82) is 0 Å². The fourth-order valence-corrected chi connectivity index (χ4v) is 2.40. The van der Waals surface area contributed by atoms with Gasteiger partial charge >= 0.3 is 0 Å². The Morgan fingerprint density at radius 1 is 1.35 bits per heavy atom. The molecule has 0 amide bonds. The first-order valence-electron chi connectivity index (χ1n) is 7.22. The van der Waals surface area contributed by atoms with Crippen molar-refractivity contribution in [3.63, 3.8) is 0 Å². The van der Waals surface area contributed by atoms with E-state index in [-0.39, 0.29) is 5.75 Å². The summed E-state index contributed by atoms with van der Waals surface area (Å²) >= 11 is 0. The number of ether oxygens (including phenoxy) is 1. The molecule has 4 nitrogen and oxygen atoms in total. The lowest BCUT2D eigenvalue weighted by Crippen LogP contribution is -2.38. The number of phenolic OH excluding ortho intramolecular Hbond substituents is 1. The second kappa shape index (κ2) is 7.50. The van der Waals surface area contributed by atoms with Gasteiger partial charge in [0.25, 0.3) is 0 Å². The van der Waals surface area contributed by atoms with Crippen molar-refractivity contribution in [2.45, 2.75) is 46.3 Å². The molecule has 0 bridgehead atoms. The van der Waals surface area contributed by atoms with E-state index in [4.69, 9.17) is 4.74 Å². The summed E-state index contributed by atoms with van der Waals surface area (Å²) in [6.07, 6.45) is 0.741. The van der Waals surface area contributed by atoms with E-state index in [2.05, 4.69) is 19.2 Å². The zero-order valence-electron chi connectivity index (χ0n) is 12.9. The van der Waals surface area contributed by atoms with Gasteiger partial charge in [-0.3, -0.25) is 0 Å². The molecule has 0 fully saturated rings. The molecule has 0 saturated carbocycles. The molecule has 0 aromatic heterocycles. The first-order valence-corrected chi connectivity index (χ1v) is 7.22. The number of rotatable bonds is 8. The molecule has 0 heterocycles. The third kappa shape index (κ3) is 5.39. The van der Waals surface area contributed by atoms with Gasteiger partial charge in [0, 0.05) is 18.7 Å². The van der Waals surface area contributed by atoms with Crippen molar-refractivity contribution in [3.05, 3.63) is 23.8 Å². The van der Waals surface area contributed by atoms with Crippen LogP contribution in [0.4, 0.5) is 0 Å². The van der Waals surface area contributed by atoms with Crippen LogP contribution in [-0.4, -0.2) is 29.0 Å². The molecule has 4 heteroatoms. The normalized spacial score (nSPS) is 14.3. The van der Waals surface area contributed by atoms with Crippen LogP contribution in [0.5, 0.6) is 11.5 Å². The van der Waals surface area contributed by atoms with Crippen LogP contribution in [0.1, 0.15) is 39.7 Å². The van der Waals surface area contributed by atoms with Gasteiger partial charge in [-0.05, 0) is 32.3 Å². The molecule has 3 N–H and O–H groups in total. The van der Waals surface area contributed by atoms with E-state index in [1.165, 1.54) is 0 Å². The van der Waals surface area contributed by atoms with E-state index in [0.717, 1.165) is 12.0 Å². The van der Waals surface area contributed by atoms with E-state index in [0.29, 0.717) is 31.4 Å². The minimum Gasteiger partial charge on any atom is -0.504 e. The van der Waals surface area contributed by atoms with Gasteiger partial charge in [0.2, 0.25) is 0 Å². The number of aromatic hydroxyl groups is 1. The minimum atomic E-state index is -0.735. The van der Waals surface area contributed by atoms with Gasteiger partial charge in [0.1, 0.15) is 0 Å². The molecule has 1 atom stereocenters. The minimum absolute atomic E-state index is 0.172.